The average molecular weight is 291 g/mol. The van der Waals surface area contributed by atoms with Crippen LogP contribution in [0, 0.1) is 5.41 Å². The van der Waals surface area contributed by atoms with E-state index in [1.54, 1.807) is 6.33 Å². The Balaban J connectivity index is 2.10. The number of nitrogens with zero attached hydrogens (tertiary/aromatic N) is 3. The summed E-state index contributed by atoms with van der Waals surface area (Å²) in [5.74, 6) is 0.647. The van der Waals surface area contributed by atoms with E-state index in [1.165, 1.54) is 0 Å². The van der Waals surface area contributed by atoms with Crippen LogP contribution in [0.3, 0.4) is 0 Å². The molecule has 1 fully saturated rings. The van der Waals surface area contributed by atoms with Gasteiger partial charge in [0.25, 0.3) is 0 Å². The van der Waals surface area contributed by atoms with Gasteiger partial charge in [0.2, 0.25) is 0 Å². The van der Waals surface area contributed by atoms with Gasteiger partial charge in [-0.2, -0.15) is 0 Å². The van der Waals surface area contributed by atoms with Crippen molar-refractivity contribution < 1.29 is 9.90 Å². The van der Waals surface area contributed by atoms with E-state index >= 15 is 0 Å². The quantitative estimate of drug-likeness (QED) is 0.903. The molecule has 1 aromatic heterocycles. The number of anilines is 1. The lowest BCUT2D eigenvalue weighted by atomic mass is 9.75. The topological polar surface area (TPSA) is 66.3 Å². The Morgan fingerprint density at radius 2 is 2.05 bits per heavy atom. The highest BCUT2D eigenvalue weighted by Crippen LogP contribution is 2.37. The fourth-order valence-corrected chi connectivity index (χ4v) is 3.06. The van der Waals surface area contributed by atoms with Crippen LogP contribution < -0.4 is 4.90 Å². The lowest BCUT2D eigenvalue weighted by Crippen LogP contribution is -2.44. The summed E-state index contributed by atoms with van der Waals surface area (Å²) in [4.78, 5) is 22.4. The van der Waals surface area contributed by atoms with Crippen LogP contribution in [0.4, 0.5) is 5.82 Å². The van der Waals surface area contributed by atoms with Gasteiger partial charge in [0, 0.05) is 24.8 Å². The number of rotatable bonds is 5. The van der Waals surface area contributed by atoms with Crippen molar-refractivity contribution in [2.75, 3.05) is 18.0 Å². The Kier molecular flexibility index (Phi) is 4.80. The smallest absolute Gasteiger partial charge is 0.309 e. The molecule has 21 heavy (non-hydrogen) atoms. The van der Waals surface area contributed by atoms with Crippen LogP contribution in [-0.2, 0) is 4.79 Å². The van der Waals surface area contributed by atoms with Crippen molar-refractivity contribution in [2.45, 2.75) is 52.4 Å². The molecule has 0 atom stereocenters. The molecule has 0 aliphatic carbocycles. The predicted molar refractivity (Wildman–Crippen MR) is 82.5 cm³/mol. The maximum atomic E-state index is 11.6. The molecule has 0 unspecified atom stereocenters. The number of hydrogen-bond acceptors (Lipinski definition) is 4. The van der Waals surface area contributed by atoms with Gasteiger partial charge < -0.3 is 10.0 Å². The van der Waals surface area contributed by atoms with Crippen molar-refractivity contribution in [1.82, 2.24) is 9.97 Å². The van der Waals surface area contributed by atoms with Gasteiger partial charge in [0.05, 0.1) is 5.41 Å². The summed E-state index contributed by atoms with van der Waals surface area (Å²) in [6, 6.07) is 2.03. The molecule has 5 nitrogen and oxygen atoms in total. The van der Waals surface area contributed by atoms with E-state index in [9.17, 15) is 9.90 Å². The number of carboxylic acids is 1. The molecule has 0 spiro atoms. The fourth-order valence-electron chi connectivity index (χ4n) is 3.06. The summed E-state index contributed by atoms with van der Waals surface area (Å²) in [5.41, 5.74) is 0.489. The second kappa shape index (κ2) is 6.41. The van der Waals surface area contributed by atoms with Gasteiger partial charge in [0.15, 0.2) is 0 Å². The minimum absolute atomic E-state index is 0.370. The van der Waals surface area contributed by atoms with E-state index in [4.69, 9.17) is 0 Å². The van der Waals surface area contributed by atoms with Crippen molar-refractivity contribution in [3.8, 4) is 0 Å². The van der Waals surface area contributed by atoms with Crippen LogP contribution in [0.1, 0.15) is 58.1 Å². The van der Waals surface area contributed by atoms with E-state index in [-0.39, 0.29) is 0 Å². The second-order valence-corrected chi connectivity index (χ2v) is 6.28. The summed E-state index contributed by atoms with van der Waals surface area (Å²) in [7, 11) is 0. The molecule has 2 rings (SSSR count). The molecular formula is C16H25N3O2. The fraction of sp³-hybridized carbons (Fsp3) is 0.688. The third-order valence-electron chi connectivity index (χ3n) is 4.49. The molecule has 1 aromatic rings. The van der Waals surface area contributed by atoms with Gasteiger partial charge >= 0.3 is 5.97 Å². The van der Waals surface area contributed by atoms with Crippen molar-refractivity contribution in [3.63, 3.8) is 0 Å². The number of carbonyl (C=O) groups is 1. The first kappa shape index (κ1) is 15.7. The number of hydrogen-bond donors (Lipinski definition) is 1. The molecule has 1 aliphatic heterocycles. The van der Waals surface area contributed by atoms with Crippen molar-refractivity contribution >= 4 is 11.8 Å². The first-order valence-electron chi connectivity index (χ1n) is 7.79. The summed E-state index contributed by atoms with van der Waals surface area (Å²) < 4.78 is 0. The van der Waals surface area contributed by atoms with Crippen LogP contribution in [0.15, 0.2) is 12.4 Å². The highest BCUT2D eigenvalue weighted by molar-refractivity contribution is 5.75. The van der Waals surface area contributed by atoms with E-state index in [0.29, 0.717) is 18.8 Å². The Morgan fingerprint density at radius 1 is 1.38 bits per heavy atom. The Bertz CT molecular complexity index is 494. The Labute approximate surface area is 126 Å². The molecule has 2 heterocycles. The Morgan fingerprint density at radius 3 is 2.57 bits per heavy atom. The molecule has 1 aliphatic rings. The number of aliphatic carboxylic acids is 1. The van der Waals surface area contributed by atoms with Gasteiger partial charge in [-0.25, -0.2) is 9.97 Å². The minimum Gasteiger partial charge on any atom is -0.481 e. The van der Waals surface area contributed by atoms with Gasteiger partial charge in [0.1, 0.15) is 12.1 Å². The van der Waals surface area contributed by atoms with Crippen molar-refractivity contribution in [1.29, 1.82) is 0 Å². The molecule has 1 N–H and O–H groups in total. The molecule has 0 amide bonds. The summed E-state index contributed by atoms with van der Waals surface area (Å²) >= 11 is 0. The third kappa shape index (κ3) is 3.34. The van der Waals surface area contributed by atoms with Crippen LogP contribution >= 0.6 is 0 Å². The van der Waals surface area contributed by atoms with Crippen LogP contribution in [0.2, 0.25) is 0 Å². The van der Waals surface area contributed by atoms with E-state index in [0.717, 1.165) is 37.4 Å². The molecule has 0 aromatic carbocycles. The van der Waals surface area contributed by atoms with Crippen LogP contribution in [-0.4, -0.2) is 34.1 Å². The monoisotopic (exact) mass is 291 g/mol. The summed E-state index contributed by atoms with van der Waals surface area (Å²) in [6.07, 6.45) is 4.67. The second-order valence-electron chi connectivity index (χ2n) is 6.28. The predicted octanol–water partition coefficient (Wildman–Crippen LogP) is 3.07. The normalized spacial score (nSPS) is 18.0. The first-order chi connectivity index (χ1) is 9.98. The maximum absolute atomic E-state index is 11.6. The molecule has 0 bridgehead atoms. The number of piperidine rings is 1. The molecular weight excluding hydrogens is 266 g/mol. The molecule has 1 saturated heterocycles. The zero-order valence-corrected chi connectivity index (χ0v) is 13.2. The highest BCUT2D eigenvalue weighted by atomic mass is 16.4. The maximum Gasteiger partial charge on any atom is 0.309 e. The molecule has 5 heteroatoms. The SMILES string of the molecule is CCCC1(C(=O)O)CCN(c2cc(C(C)C)ncn2)CC1. The molecule has 0 saturated carbocycles. The van der Waals surface area contributed by atoms with Gasteiger partial charge in [-0.3, -0.25) is 4.79 Å². The van der Waals surface area contributed by atoms with E-state index in [2.05, 4.69) is 35.6 Å². The highest BCUT2D eigenvalue weighted by Gasteiger charge is 2.40. The molecule has 116 valence electrons. The van der Waals surface area contributed by atoms with Crippen LogP contribution in [0.25, 0.3) is 0 Å². The van der Waals surface area contributed by atoms with Gasteiger partial charge in [-0.05, 0) is 25.2 Å². The molecule has 0 radical (unpaired) electrons. The van der Waals surface area contributed by atoms with Gasteiger partial charge in [-0.15, -0.1) is 0 Å². The largest absolute Gasteiger partial charge is 0.481 e. The van der Waals surface area contributed by atoms with Gasteiger partial charge in [-0.1, -0.05) is 27.2 Å². The third-order valence-corrected chi connectivity index (χ3v) is 4.49. The summed E-state index contributed by atoms with van der Waals surface area (Å²) in [5, 5.41) is 9.55. The average Bonchev–Trinajstić information content (AvgIpc) is 2.48. The summed E-state index contributed by atoms with van der Waals surface area (Å²) in [6.45, 7) is 7.77. The van der Waals surface area contributed by atoms with Crippen molar-refractivity contribution in [3.05, 3.63) is 18.1 Å². The van der Waals surface area contributed by atoms with Crippen molar-refractivity contribution in [2.24, 2.45) is 5.41 Å². The number of aromatic nitrogens is 2. The zero-order chi connectivity index (χ0) is 15.5. The lowest BCUT2D eigenvalue weighted by Gasteiger charge is -2.39. The first-order valence-corrected chi connectivity index (χ1v) is 7.79. The van der Waals surface area contributed by atoms with E-state index in [1.807, 2.05) is 6.07 Å². The number of carboxylic acid groups (broad SMARTS) is 1. The van der Waals surface area contributed by atoms with E-state index < -0.39 is 11.4 Å². The minimum atomic E-state index is -0.644. The standard InChI is InChI=1S/C16H25N3O2/c1-4-5-16(15(20)21)6-8-19(9-7-16)14-10-13(12(2)3)17-11-18-14/h10-12H,4-9H2,1-3H3,(H,20,21). The van der Waals surface area contributed by atoms with Crippen LogP contribution in [0.5, 0.6) is 0 Å². The zero-order valence-electron chi connectivity index (χ0n) is 13.2. The Hall–Kier alpha value is -1.65. The lowest BCUT2D eigenvalue weighted by molar-refractivity contribution is -0.150.